The number of hydrogen-bond donors (Lipinski definition) is 1. The fraction of sp³-hybridized carbons (Fsp3) is 0.393. The number of benzene rings is 1. The summed E-state index contributed by atoms with van der Waals surface area (Å²) in [6.07, 6.45) is -0.414. The lowest BCUT2D eigenvalue weighted by molar-refractivity contribution is -0.141. The normalized spacial score (nSPS) is 16.0. The highest BCUT2D eigenvalue weighted by atomic mass is 32.1. The van der Waals surface area contributed by atoms with Gasteiger partial charge in [-0.2, -0.15) is 23.5 Å². The van der Waals surface area contributed by atoms with Crippen LogP contribution in [0.15, 0.2) is 42.6 Å². The van der Waals surface area contributed by atoms with Gasteiger partial charge in [-0.15, -0.1) is 11.3 Å². The van der Waals surface area contributed by atoms with E-state index in [9.17, 15) is 23.2 Å². The van der Waals surface area contributed by atoms with Crippen LogP contribution in [0.25, 0.3) is 11.1 Å². The van der Waals surface area contributed by atoms with E-state index in [0.29, 0.717) is 22.5 Å². The van der Waals surface area contributed by atoms with Gasteiger partial charge in [-0.3, -0.25) is 9.48 Å². The van der Waals surface area contributed by atoms with Crippen LogP contribution in [0.3, 0.4) is 0 Å². The van der Waals surface area contributed by atoms with E-state index < -0.39 is 23.6 Å². The molecule has 3 heterocycles. The Morgan fingerprint density at radius 1 is 1.28 bits per heavy atom. The molecule has 1 aliphatic heterocycles. The molecule has 0 saturated carbocycles. The van der Waals surface area contributed by atoms with E-state index in [0.717, 1.165) is 15.6 Å². The zero-order chi connectivity index (χ0) is 28.5. The summed E-state index contributed by atoms with van der Waals surface area (Å²) >= 11 is 1.23. The van der Waals surface area contributed by atoms with E-state index in [1.54, 1.807) is 30.0 Å². The van der Waals surface area contributed by atoms with Gasteiger partial charge >= 0.3 is 6.18 Å². The maximum absolute atomic E-state index is 15.4. The molecular formula is C28H29F4N5OS. The zero-order valence-corrected chi connectivity index (χ0v) is 22.9. The van der Waals surface area contributed by atoms with Crippen LogP contribution in [0.2, 0.25) is 0 Å². The highest BCUT2D eigenvalue weighted by Gasteiger charge is 2.40. The van der Waals surface area contributed by atoms with Gasteiger partial charge in [0.25, 0.3) is 0 Å². The van der Waals surface area contributed by atoms with Gasteiger partial charge in [0, 0.05) is 59.4 Å². The number of alkyl halides is 3. The maximum Gasteiger partial charge on any atom is 0.435 e. The summed E-state index contributed by atoms with van der Waals surface area (Å²) in [5.74, 6) is -1.74. The molecule has 1 aliphatic rings. The molecule has 0 radical (unpaired) electrons. The molecule has 0 aliphatic carbocycles. The van der Waals surface area contributed by atoms with Crippen molar-refractivity contribution >= 4 is 17.2 Å². The predicted molar refractivity (Wildman–Crippen MR) is 141 cm³/mol. The minimum absolute atomic E-state index is 0.115. The predicted octanol–water partition coefficient (Wildman–Crippen LogP) is 6.08. The summed E-state index contributed by atoms with van der Waals surface area (Å²) in [5, 5.41) is 16.5. The lowest BCUT2D eigenvalue weighted by Crippen LogP contribution is -2.38. The third-order valence-electron chi connectivity index (χ3n) is 6.43. The number of thiophene rings is 1. The lowest BCUT2D eigenvalue weighted by atomic mass is 9.83. The van der Waals surface area contributed by atoms with Crippen LogP contribution >= 0.6 is 11.3 Å². The Balaban J connectivity index is 1.79. The summed E-state index contributed by atoms with van der Waals surface area (Å²) < 4.78 is 58.5. The Morgan fingerprint density at radius 3 is 2.67 bits per heavy atom. The number of rotatable bonds is 6. The van der Waals surface area contributed by atoms with E-state index >= 15 is 4.39 Å². The van der Waals surface area contributed by atoms with Crippen LogP contribution in [0.5, 0.6) is 0 Å². The van der Waals surface area contributed by atoms with Crippen molar-refractivity contribution in [1.82, 2.24) is 20.0 Å². The quantitative estimate of drug-likeness (QED) is 0.294. The lowest BCUT2D eigenvalue weighted by Gasteiger charge is -2.33. The van der Waals surface area contributed by atoms with Crippen molar-refractivity contribution in [1.29, 1.82) is 5.26 Å². The highest BCUT2D eigenvalue weighted by molar-refractivity contribution is 7.12. The van der Waals surface area contributed by atoms with Gasteiger partial charge in [0.1, 0.15) is 16.8 Å². The molecule has 3 aromatic rings. The SMILES string of the molecule is CCn1cc(-c2c(F)cccc2C2CN(C(=O)/C=C/CNC(C)(C)C)Cc3sc(C#N)cc32)c(C(F)(F)F)n1. The van der Waals surface area contributed by atoms with Crippen molar-refractivity contribution < 1.29 is 22.4 Å². The first kappa shape index (κ1) is 28.5. The number of carbonyl (C=O) groups excluding carboxylic acids is 1. The number of carbonyl (C=O) groups is 1. The van der Waals surface area contributed by atoms with Crippen molar-refractivity contribution in [2.24, 2.45) is 0 Å². The van der Waals surface area contributed by atoms with Gasteiger partial charge in [-0.25, -0.2) is 4.39 Å². The Morgan fingerprint density at radius 2 is 2.03 bits per heavy atom. The molecule has 6 nitrogen and oxygen atoms in total. The van der Waals surface area contributed by atoms with Crippen molar-refractivity contribution in [2.45, 2.75) is 58.4 Å². The van der Waals surface area contributed by atoms with Gasteiger partial charge in [0.2, 0.25) is 5.91 Å². The Hall–Kier alpha value is -3.49. The van der Waals surface area contributed by atoms with Gasteiger partial charge in [0.05, 0.1) is 6.54 Å². The molecule has 39 heavy (non-hydrogen) atoms. The molecule has 4 rings (SSSR count). The average molecular weight is 560 g/mol. The summed E-state index contributed by atoms with van der Waals surface area (Å²) in [6.45, 7) is 8.69. The van der Waals surface area contributed by atoms with Crippen molar-refractivity contribution in [3.63, 3.8) is 0 Å². The molecule has 1 unspecified atom stereocenters. The van der Waals surface area contributed by atoms with E-state index in [1.165, 1.54) is 29.7 Å². The summed E-state index contributed by atoms with van der Waals surface area (Å²) in [4.78, 5) is 15.9. The molecule has 0 spiro atoms. The van der Waals surface area contributed by atoms with Crippen molar-refractivity contribution in [3.05, 3.63) is 75.0 Å². The fourth-order valence-electron chi connectivity index (χ4n) is 4.63. The number of fused-ring (bicyclic) bond motifs is 1. The van der Waals surface area contributed by atoms with E-state index in [2.05, 4.69) is 16.5 Å². The summed E-state index contributed by atoms with van der Waals surface area (Å²) in [6, 6.07) is 7.94. The minimum atomic E-state index is -4.79. The van der Waals surface area contributed by atoms with Gasteiger partial charge < -0.3 is 10.2 Å². The molecule has 2 aromatic heterocycles. The Bertz CT molecular complexity index is 1440. The topological polar surface area (TPSA) is 74.0 Å². The molecule has 1 aromatic carbocycles. The molecule has 1 atom stereocenters. The molecule has 0 fully saturated rings. The zero-order valence-electron chi connectivity index (χ0n) is 22.1. The summed E-state index contributed by atoms with van der Waals surface area (Å²) in [5.41, 5.74) is -0.844. The van der Waals surface area contributed by atoms with E-state index in [-0.39, 0.29) is 42.2 Å². The molecule has 206 valence electrons. The van der Waals surface area contributed by atoms with Crippen LogP contribution in [0.1, 0.15) is 60.2 Å². The second kappa shape index (κ2) is 10.9. The van der Waals surface area contributed by atoms with Crippen LogP contribution in [-0.4, -0.2) is 39.2 Å². The highest BCUT2D eigenvalue weighted by Crippen LogP contribution is 2.45. The third kappa shape index (κ3) is 6.23. The number of hydrogen-bond acceptors (Lipinski definition) is 5. The van der Waals surface area contributed by atoms with Crippen molar-refractivity contribution in [3.8, 4) is 17.2 Å². The Kier molecular flexibility index (Phi) is 8.00. The number of amides is 1. The standard InChI is InChI=1S/C28H29F4N5OS/c1-5-37-15-21(26(35-37)28(30,31)32)25-18(8-6-9-22(25)29)20-14-36(16-23-19(20)12-17(13-33)39-23)24(38)10-7-11-34-27(2,3)4/h6-10,12,15,20,34H,5,11,14,16H2,1-4H3/b10-7+. The van der Waals surface area contributed by atoms with Crippen molar-refractivity contribution in [2.75, 3.05) is 13.1 Å². The number of nitrogens with one attached hydrogen (secondary N) is 1. The monoisotopic (exact) mass is 559 g/mol. The summed E-state index contributed by atoms with van der Waals surface area (Å²) in [7, 11) is 0. The van der Waals surface area contributed by atoms with Crippen LogP contribution in [0.4, 0.5) is 17.6 Å². The first-order chi connectivity index (χ1) is 18.3. The molecule has 1 amide bonds. The smallest absolute Gasteiger partial charge is 0.333 e. The van der Waals surface area contributed by atoms with Crippen LogP contribution in [-0.2, 0) is 24.1 Å². The fourth-order valence-corrected chi connectivity index (χ4v) is 5.66. The minimum Gasteiger partial charge on any atom is -0.333 e. The number of nitrogens with zero attached hydrogens (tertiary/aromatic N) is 4. The molecular weight excluding hydrogens is 530 g/mol. The second-order valence-corrected chi connectivity index (χ2v) is 11.5. The maximum atomic E-state index is 15.4. The Labute approximate surface area is 228 Å². The number of aryl methyl sites for hydroxylation is 1. The first-order valence-electron chi connectivity index (χ1n) is 12.5. The van der Waals surface area contributed by atoms with Crippen LogP contribution < -0.4 is 5.32 Å². The molecule has 0 bridgehead atoms. The second-order valence-electron chi connectivity index (χ2n) is 10.4. The average Bonchev–Trinajstić information content (AvgIpc) is 3.49. The van der Waals surface area contributed by atoms with E-state index in [1.807, 2.05) is 20.8 Å². The molecule has 11 heteroatoms. The van der Waals surface area contributed by atoms with Gasteiger partial charge in [0.15, 0.2) is 5.69 Å². The third-order valence-corrected chi connectivity index (χ3v) is 7.47. The van der Waals surface area contributed by atoms with E-state index in [4.69, 9.17) is 0 Å². The number of aromatic nitrogens is 2. The number of halogens is 4. The molecule has 0 saturated heterocycles. The van der Waals surface area contributed by atoms with Gasteiger partial charge in [-0.1, -0.05) is 18.2 Å². The van der Waals surface area contributed by atoms with Crippen LogP contribution in [0, 0.1) is 17.1 Å². The van der Waals surface area contributed by atoms with Gasteiger partial charge in [-0.05, 0) is 51.0 Å². The number of nitriles is 1. The first-order valence-corrected chi connectivity index (χ1v) is 13.3. The largest absolute Gasteiger partial charge is 0.435 e. The molecule has 1 N–H and O–H groups in total.